The number of nitrogens with one attached hydrogen (secondary N) is 1. The van der Waals surface area contributed by atoms with Crippen molar-refractivity contribution in [3.8, 4) is 0 Å². The first-order chi connectivity index (χ1) is 6.06. The van der Waals surface area contributed by atoms with Crippen LogP contribution in [-0.4, -0.2) is 18.1 Å². The number of nitrogen functional groups attached to an aromatic ring is 2. The van der Waals surface area contributed by atoms with Crippen LogP contribution in [0.3, 0.4) is 0 Å². The average molecular weight is 181 g/mol. The maximum atomic E-state index is 10.6. The molecule has 1 aromatic carbocycles. The van der Waals surface area contributed by atoms with Gasteiger partial charge in [0, 0.05) is 7.05 Å². The van der Waals surface area contributed by atoms with Gasteiger partial charge in [0.25, 0.3) is 0 Å². The zero-order chi connectivity index (χ0) is 10.0. The Balaban J connectivity index is 3.28. The SMILES string of the molecule is CNc1c(N)cc(C(=O)O)cc1N. The summed E-state index contributed by atoms with van der Waals surface area (Å²) in [6.45, 7) is 0. The van der Waals surface area contributed by atoms with E-state index in [1.165, 1.54) is 12.1 Å². The van der Waals surface area contributed by atoms with Crippen LogP contribution >= 0.6 is 0 Å². The minimum absolute atomic E-state index is 0.0917. The highest BCUT2D eigenvalue weighted by atomic mass is 16.4. The third-order valence-corrected chi connectivity index (χ3v) is 1.70. The Hall–Kier alpha value is -1.91. The van der Waals surface area contributed by atoms with Crippen molar-refractivity contribution in [3.63, 3.8) is 0 Å². The largest absolute Gasteiger partial charge is 0.478 e. The van der Waals surface area contributed by atoms with E-state index in [4.69, 9.17) is 16.6 Å². The lowest BCUT2D eigenvalue weighted by molar-refractivity contribution is 0.0697. The minimum atomic E-state index is -1.04. The van der Waals surface area contributed by atoms with Gasteiger partial charge in [0.1, 0.15) is 0 Å². The Kier molecular flexibility index (Phi) is 2.27. The van der Waals surface area contributed by atoms with E-state index in [1.54, 1.807) is 7.05 Å². The third kappa shape index (κ3) is 1.64. The summed E-state index contributed by atoms with van der Waals surface area (Å²) >= 11 is 0. The molecule has 0 amide bonds. The van der Waals surface area contributed by atoms with E-state index in [-0.39, 0.29) is 5.56 Å². The molecule has 0 radical (unpaired) electrons. The molecule has 5 nitrogen and oxygen atoms in total. The summed E-state index contributed by atoms with van der Waals surface area (Å²) in [5.74, 6) is -1.04. The van der Waals surface area contributed by atoms with Crippen molar-refractivity contribution in [2.24, 2.45) is 0 Å². The molecule has 0 aliphatic rings. The number of rotatable bonds is 2. The van der Waals surface area contributed by atoms with Gasteiger partial charge in [0.15, 0.2) is 0 Å². The molecule has 0 aliphatic carbocycles. The fourth-order valence-corrected chi connectivity index (χ4v) is 1.10. The van der Waals surface area contributed by atoms with Crippen LogP contribution in [-0.2, 0) is 0 Å². The summed E-state index contributed by atoms with van der Waals surface area (Å²) in [7, 11) is 1.67. The third-order valence-electron chi connectivity index (χ3n) is 1.70. The van der Waals surface area contributed by atoms with Crippen molar-refractivity contribution in [2.75, 3.05) is 23.8 Å². The summed E-state index contributed by atoms with van der Waals surface area (Å²) in [4.78, 5) is 10.6. The molecule has 0 unspecified atom stereocenters. The van der Waals surface area contributed by atoms with E-state index in [2.05, 4.69) is 5.32 Å². The van der Waals surface area contributed by atoms with Crippen molar-refractivity contribution >= 4 is 23.0 Å². The van der Waals surface area contributed by atoms with Crippen molar-refractivity contribution in [2.45, 2.75) is 0 Å². The van der Waals surface area contributed by atoms with Crippen molar-refractivity contribution in [3.05, 3.63) is 17.7 Å². The van der Waals surface area contributed by atoms with E-state index in [0.29, 0.717) is 17.1 Å². The molecular formula is C8H11N3O2. The summed E-state index contributed by atoms with van der Waals surface area (Å²) in [6, 6.07) is 2.73. The zero-order valence-electron chi connectivity index (χ0n) is 7.16. The first-order valence-electron chi connectivity index (χ1n) is 3.66. The van der Waals surface area contributed by atoms with Gasteiger partial charge in [-0.05, 0) is 12.1 Å². The highest BCUT2D eigenvalue weighted by Gasteiger charge is 2.09. The Bertz CT molecular complexity index is 326. The highest BCUT2D eigenvalue weighted by molar-refractivity contribution is 5.94. The smallest absolute Gasteiger partial charge is 0.335 e. The number of anilines is 3. The second kappa shape index (κ2) is 3.22. The molecule has 0 saturated heterocycles. The second-order valence-electron chi connectivity index (χ2n) is 2.58. The topological polar surface area (TPSA) is 101 Å². The van der Waals surface area contributed by atoms with Gasteiger partial charge in [-0.25, -0.2) is 4.79 Å². The molecule has 0 aromatic heterocycles. The molecule has 13 heavy (non-hydrogen) atoms. The van der Waals surface area contributed by atoms with Gasteiger partial charge in [0.05, 0.1) is 22.6 Å². The molecule has 1 rings (SSSR count). The quantitative estimate of drug-likeness (QED) is 0.500. The summed E-state index contributed by atoms with van der Waals surface area (Å²) in [5.41, 5.74) is 12.4. The Morgan fingerprint density at radius 3 is 2.15 bits per heavy atom. The second-order valence-corrected chi connectivity index (χ2v) is 2.58. The zero-order valence-corrected chi connectivity index (χ0v) is 7.16. The van der Waals surface area contributed by atoms with E-state index < -0.39 is 5.97 Å². The fraction of sp³-hybridized carbons (Fsp3) is 0.125. The lowest BCUT2D eigenvalue weighted by Crippen LogP contribution is -2.05. The van der Waals surface area contributed by atoms with Gasteiger partial charge in [-0.1, -0.05) is 0 Å². The average Bonchev–Trinajstić information content (AvgIpc) is 2.03. The van der Waals surface area contributed by atoms with Crippen molar-refractivity contribution < 1.29 is 9.90 Å². The van der Waals surface area contributed by atoms with Gasteiger partial charge in [-0.3, -0.25) is 0 Å². The predicted octanol–water partition coefficient (Wildman–Crippen LogP) is 0.591. The normalized spacial score (nSPS) is 9.62. The molecule has 0 aliphatic heterocycles. The monoisotopic (exact) mass is 181 g/mol. The number of nitrogens with two attached hydrogens (primary N) is 2. The standard InChI is InChI=1S/C8H11N3O2/c1-11-7-5(9)2-4(8(12)13)3-6(7)10/h2-3,11H,9-10H2,1H3,(H,12,13). The number of hydrogen-bond acceptors (Lipinski definition) is 4. The van der Waals surface area contributed by atoms with E-state index in [1.807, 2.05) is 0 Å². The number of hydrogen-bond donors (Lipinski definition) is 4. The van der Waals surface area contributed by atoms with Crippen LogP contribution in [0.15, 0.2) is 12.1 Å². The molecule has 5 heteroatoms. The van der Waals surface area contributed by atoms with Crippen LogP contribution in [0.5, 0.6) is 0 Å². The molecule has 1 aromatic rings. The first kappa shape index (κ1) is 9.18. The molecule has 0 spiro atoms. The van der Waals surface area contributed by atoms with Gasteiger partial charge in [-0.15, -0.1) is 0 Å². The maximum Gasteiger partial charge on any atom is 0.335 e. The van der Waals surface area contributed by atoms with Crippen molar-refractivity contribution in [1.82, 2.24) is 0 Å². The lowest BCUT2D eigenvalue weighted by atomic mass is 10.1. The summed E-state index contributed by atoms with van der Waals surface area (Å²) in [6.07, 6.45) is 0. The van der Waals surface area contributed by atoms with Gasteiger partial charge in [0.2, 0.25) is 0 Å². The summed E-state index contributed by atoms with van der Waals surface area (Å²) < 4.78 is 0. The Morgan fingerprint density at radius 1 is 1.38 bits per heavy atom. The predicted molar refractivity (Wildman–Crippen MR) is 51.8 cm³/mol. The first-order valence-corrected chi connectivity index (χ1v) is 3.66. The molecule has 0 fully saturated rings. The molecule has 6 N–H and O–H groups in total. The number of carboxylic acid groups (broad SMARTS) is 1. The van der Waals surface area contributed by atoms with Crippen LogP contribution in [0.1, 0.15) is 10.4 Å². The molecule has 0 atom stereocenters. The van der Waals surface area contributed by atoms with E-state index in [9.17, 15) is 4.79 Å². The maximum absolute atomic E-state index is 10.6. The van der Waals surface area contributed by atoms with Crippen LogP contribution < -0.4 is 16.8 Å². The summed E-state index contributed by atoms with van der Waals surface area (Å²) in [5, 5.41) is 11.5. The van der Waals surface area contributed by atoms with Crippen LogP contribution in [0, 0.1) is 0 Å². The molecule has 0 heterocycles. The van der Waals surface area contributed by atoms with Crippen LogP contribution in [0.2, 0.25) is 0 Å². The highest BCUT2D eigenvalue weighted by Crippen LogP contribution is 2.27. The van der Waals surface area contributed by atoms with Gasteiger partial charge in [-0.2, -0.15) is 0 Å². The number of carbonyl (C=O) groups is 1. The number of carboxylic acids is 1. The molecule has 0 bridgehead atoms. The molecule has 0 saturated carbocycles. The van der Waals surface area contributed by atoms with Gasteiger partial charge >= 0.3 is 5.97 Å². The van der Waals surface area contributed by atoms with Crippen LogP contribution in [0.25, 0.3) is 0 Å². The van der Waals surface area contributed by atoms with E-state index >= 15 is 0 Å². The minimum Gasteiger partial charge on any atom is -0.478 e. The number of aromatic carboxylic acids is 1. The Morgan fingerprint density at radius 2 is 1.85 bits per heavy atom. The lowest BCUT2D eigenvalue weighted by Gasteiger charge is -2.09. The molecular weight excluding hydrogens is 170 g/mol. The fourth-order valence-electron chi connectivity index (χ4n) is 1.10. The van der Waals surface area contributed by atoms with Crippen LogP contribution in [0.4, 0.5) is 17.1 Å². The van der Waals surface area contributed by atoms with Gasteiger partial charge < -0.3 is 21.9 Å². The number of benzene rings is 1. The Labute approximate surface area is 75.3 Å². The van der Waals surface area contributed by atoms with E-state index in [0.717, 1.165) is 0 Å². The van der Waals surface area contributed by atoms with Crippen molar-refractivity contribution in [1.29, 1.82) is 0 Å². The molecule has 70 valence electrons.